The van der Waals surface area contributed by atoms with Gasteiger partial charge in [-0.25, -0.2) is 4.90 Å². The zero-order valence-corrected chi connectivity index (χ0v) is 26.0. The topological polar surface area (TPSA) is 118 Å². The molecule has 0 radical (unpaired) electrons. The molecule has 9 nitrogen and oxygen atoms in total. The number of H-pyrrole nitrogens is 1. The number of hydrogen-bond donors (Lipinski definition) is 2. The van der Waals surface area contributed by atoms with Crippen molar-refractivity contribution in [3.8, 4) is 11.5 Å². The summed E-state index contributed by atoms with van der Waals surface area (Å²) in [7, 11) is 0. The number of rotatable bonds is 8. The molecule has 3 aromatic carbocycles. The van der Waals surface area contributed by atoms with Crippen LogP contribution in [-0.2, 0) is 20.6 Å². The van der Waals surface area contributed by atoms with Crippen molar-refractivity contribution in [3.05, 3.63) is 98.0 Å². The number of aryl methyl sites for hydroxylation is 1. The van der Waals surface area contributed by atoms with Gasteiger partial charge in [0.15, 0.2) is 18.1 Å². The van der Waals surface area contributed by atoms with Crippen LogP contribution in [0.3, 0.4) is 0 Å². The maximum Gasteiger partial charge on any atom is 0.418 e. The van der Waals surface area contributed by atoms with Gasteiger partial charge < -0.3 is 19.8 Å². The van der Waals surface area contributed by atoms with Crippen LogP contribution in [0.25, 0.3) is 0 Å². The quantitative estimate of drug-likeness (QED) is 0.222. The molecule has 1 saturated heterocycles. The Kier molecular flexibility index (Phi) is 8.42. The van der Waals surface area contributed by atoms with E-state index in [1.807, 2.05) is 19.1 Å². The van der Waals surface area contributed by atoms with Crippen LogP contribution < -0.4 is 24.6 Å². The lowest BCUT2D eigenvalue weighted by molar-refractivity contribution is -0.137. The lowest BCUT2D eigenvalue weighted by Crippen LogP contribution is -2.33. The number of fused-ring (bicyclic) bond motifs is 2. The Morgan fingerprint density at radius 2 is 1.72 bits per heavy atom. The minimum absolute atomic E-state index is 0.226. The second-order valence-corrected chi connectivity index (χ2v) is 12.8. The summed E-state index contributed by atoms with van der Waals surface area (Å²) in [6.07, 6.45) is -4.81. The Morgan fingerprint density at radius 3 is 2.43 bits per heavy atom. The number of thiazole rings is 1. The van der Waals surface area contributed by atoms with Gasteiger partial charge in [-0.1, -0.05) is 59.0 Å². The predicted octanol–water partition coefficient (Wildman–Crippen LogP) is 5.98. The Labute approximate surface area is 268 Å². The molecule has 6 rings (SSSR count). The lowest BCUT2D eigenvalue weighted by atomic mass is 9.83. The monoisotopic (exact) mass is 669 g/mol. The molecule has 2 aliphatic rings. The van der Waals surface area contributed by atoms with Gasteiger partial charge >= 0.3 is 11.0 Å². The SMILES string of the molecule is CCOc1cc([C@@H]2c3sc(=O)[nH]c3S[C@H]3C(=O)N(c4ccccc4C(F)(F)F)C(=O)[C@@H]23)ccc1OCC(=O)Nc1ccc(C)cc1. The number of ether oxygens (including phenoxy) is 2. The molecule has 1 fully saturated rings. The molecule has 0 bridgehead atoms. The number of thioether (sulfide) groups is 1. The number of benzene rings is 3. The van der Waals surface area contributed by atoms with Crippen LogP contribution in [0.1, 0.15) is 34.4 Å². The van der Waals surface area contributed by atoms with Crippen LogP contribution in [0.2, 0.25) is 0 Å². The number of amides is 3. The molecule has 0 saturated carbocycles. The highest BCUT2D eigenvalue weighted by molar-refractivity contribution is 8.00. The molecule has 1 aromatic heterocycles. The summed E-state index contributed by atoms with van der Waals surface area (Å²) in [6, 6.07) is 16.5. The van der Waals surface area contributed by atoms with Crippen LogP contribution in [0.15, 0.2) is 76.6 Å². The summed E-state index contributed by atoms with van der Waals surface area (Å²) in [5, 5.41) is 2.03. The van der Waals surface area contributed by atoms with E-state index in [2.05, 4.69) is 10.3 Å². The summed E-state index contributed by atoms with van der Waals surface area (Å²) in [5.41, 5.74) is 0.483. The maximum absolute atomic E-state index is 14.0. The largest absolute Gasteiger partial charge is 0.490 e. The smallest absolute Gasteiger partial charge is 0.418 e. The number of carbonyl (C=O) groups excluding carboxylic acids is 3. The number of imide groups is 1. The summed E-state index contributed by atoms with van der Waals surface area (Å²) in [6.45, 7) is 3.58. The zero-order chi connectivity index (χ0) is 32.7. The Bertz CT molecular complexity index is 1890. The summed E-state index contributed by atoms with van der Waals surface area (Å²) in [5.74, 6) is -3.49. The third-order valence-electron chi connectivity index (χ3n) is 7.60. The van der Waals surface area contributed by atoms with Gasteiger partial charge in [-0.3, -0.25) is 19.2 Å². The highest BCUT2D eigenvalue weighted by Gasteiger charge is 2.57. The van der Waals surface area contributed by atoms with E-state index in [9.17, 15) is 32.3 Å². The third kappa shape index (κ3) is 5.89. The fourth-order valence-corrected chi connectivity index (χ4v) is 8.12. The molecule has 3 heterocycles. The first-order valence-electron chi connectivity index (χ1n) is 14.2. The Hall–Kier alpha value is -4.56. The van der Waals surface area contributed by atoms with Gasteiger partial charge in [-0.15, -0.1) is 0 Å². The summed E-state index contributed by atoms with van der Waals surface area (Å²) >= 11 is 1.83. The molecule has 2 aliphatic heterocycles. The average Bonchev–Trinajstić information content (AvgIpc) is 3.51. The van der Waals surface area contributed by atoms with Gasteiger partial charge in [0.1, 0.15) is 5.25 Å². The molecular weight excluding hydrogens is 643 g/mol. The van der Waals surface area contributed by atoms with Gasteiger partial charge in [0.05, 0.1) is 28.8 Å². The summed E-state index contributed by atoms with van der Waals surface area (Å²) in [4.78, 5) is 56.1. The number of carbonyl (C=O) groups is 3. The summed E-state index contributed by atoms with van der Waals surface area (Å²) < 4.78 is 53.4. The minimum Gasteiger partial charge on any atom is -0.490 e. The first-order valence-corrected chi connectivity index (χ1v) is 15.9. The molecule has 3 atom stereocenters. The molecule has 4 aromatic rings. The van der Waals surface area contributed by atoms with Crippen molar-refractivity contribution in [2.75, 3.05) is 23.4 Å². The van der Waals surface area contributed by atoms with Crippen molar-refractivity contribution < 1.29 is 37.0 Å². The number of nitrogens with zero attached hydrogens (tertiary/aromatic N) is 1. The molecule has 2 N–H and O–H groups in total. The zero-order valence-electron chi connectivity index (χ0n) is 24.3. The van der Waals surface area contributed by atoms with Crippen LogP contribution in [0, 0.1) is 12.8 Å². The average molecular weight is 670 g/mol. The van der Waals surface area contributed by atoms with Crippen molar-refractivity contribution in [2.45, 2.75) is 36.2 Å². The van der Waals surface area contributed by atoms with Crippen LogP contribution in [0.5, 0.6) is 11.5 Å². The third-order valence-corrected chi connectivity index (χ3v) is 10.00. The first kappa shape index (κ1) is 31.4. The fraction of sp³-hybridized carbons (Fsp3) is 0.250. The number of aromatic nitrogens is 1. The van der Waals surface area contributed by atoms with E-state index < -0.39 is 57.1 Å². The number of hydrogen-bond acceptors (Lipinski definition) is 8. The number of aromatic amines is 1. The van der Waals surface area contributed by atoms with Gasteiger partial charge in [-0.05, 0) is 55.8 Å². The molecule has 238 valence electrons. The van der Waals surface area contributed by atoms with E-state index in [0.717, 1.165) is 40.8 Å². The molecule has 0 unspecified atom stereocenters. The Balaban J connectivity index is 1.33. The Morgan fingerprint density at radius 1 is 0.978 bits per heavy atom. The highest BCUT2D eigenvalue weighted by atomic mass is 32.2. The normalized spacial score (nSPS) is 19.1. The highest BCUT2D eigenvalue weighted by Crippen LogP contribution is 2.54. The van der Waals surface area contributed by atoms with E-state index in [1.54, 1.807) is 37.3 Å². The van der Waals surface area contributed by atoms with Crippen LogP contribution >= 0.6 is 23.1 Å². The molecule has 0 spiro atoms. The molecule has 14 heteroatoms. The van der Waals surface area contributed by atoms with Crippen molar-refractivity contribution in [1.29, 1.82) is 0 Å². The van der Waals surface area contributed by atoms with Gasteiger partial charge in [0.25, 0.3) is 5.91 Å². The first-order chi connectivity index (χ1) is 22.0. The van der Waals surface area contributed by atoms with Gasteiger partial charge in [0, 0.05) is 16.5 Å². The second kappa shape index (κ2) is 12.3. The second-order valence-electron chi connectivity index (χ2n) is 10.6. The van der Waals surface area contributed by atoms with Crippen molar-refractivity contribution in [2.24, 2.45) is 5.92 Å². The number of para-hydroxylation sites is 1. The lowest BCUT2D eigenvalue weighted by Gasteiger charge is -2.30. The number of nitrogens with one attached hydrogen (secondary N) is 2. The predicted molar refractivity (Wildman–Crippen MR) is 167 cm³/mol. The van der Waals surface area contributed by atoms with Gasteiger partial charge in [0.2, 0.25) is 11.8 Å². The van der Waals surface area contributed by atoms with Crippen LogP contribution in [0.4, 0.5) is 24.5 Å². The van der Waals surface area contributed by atoms with E-state index in [0.29, 0.717) is 26.1 Å². The molecular formula is C32H26F3N3O6S2. The molecule has 46 heavy (non-hydrogen) atoms. The van der Waals surface area contributed by atoms with E-state index >= 15 is 0 Å². The fourth-order valence-electron chi connectivity index (χ4n) is 5.60. The van der Waals surface area contributed by atoms with Crippen molar-refractivity contribution >= 4 is 52.2 Å². The number of halogens is 3. The van der Waals surface area contributed by atoms with E-state index in [4.69, 9.17) is 9.47 Å². The maximum atomic E-state index is 14.0. The van der Waals surface area contributed by atoms with Gasteiger partial charge in [-0.2, -0.15) is 13.2 Å². The standard InChI is InChI=1S/C32H26F3N3O6S2/c1-3-43-22-14-17(10-13-21(22)44-15-23(39)36-18-11-8-16(2)9-12-18)24-25-27(45-28-26(24)46-31(42)37-28)30(41)38(29(25)40)20-7-5-4-6-19(20)32(33,34)35/h4-14,24-25,27H,3,15H2,1-2H3,(H,36,39)(H,37,42)/t24-,25-,27+/m0/s1. The minimum atomic E-state index is -4.81. The van der Waals surface area contributed by atoms with Crippen molar-refractivity contribution in [1.82, 2.24) is 4.98 Å². The van der Waals surface area contributed by atoms with E-state index in [-0.39, 0.29) is 24.7 Å². The number of anilines is 2. The molecule has 0 aliphatic carbocycles. The number of alkyl halides is 3. The van der Waals surface area contributed by atoms with Crippen LogP contribution in [-0.4, -0.2) is 41.2 Å². The molecule has 3 amide bonds. The van der Waals surface area contributed by atoms with Crippen molar-refractivity contribution in [3.63, 3.8) is 0 Å². The van der Waals surface area contributed by atoms with E-state index in [1.165, 1.54) is 12.1 Å².